The smallest absolute Gasteiger partial charge is 0.217 e. The molecule has 0 unspecified atom stereocenters. The first-order chi connectivity index (χ1) is 10.0. The number of hydrogen-bond donors (Lipinski definition) is 2. The van der Waals surface area contributed by atoms with Crippen LogP contribution in [0.15, 0.2) is 4.42 Å². The van der Waals surface area contributed by atoms with Gasteiger partial charge in [-0.05, 0) is 38.9 Å². The Balaban J connectivity index is 2.09. The number of furan rings is 1. The molecule has 1 aromatic rings. The summed E-state index contributed by atoms with van der Waals surface area (Å²) in [6.07, 6.45) is 5.89. The molecule has 112 valence electrons. The second-order valence-electron chi connectivity index (χ2n) is 5.34. The standard InChI is InChI=1S/C15H19N3O2S/c1-9(19)13-10(2)20-14(12(13)8-16)18-15(21)17-11-6-4-3-5-7-11/h11H,3-7H2,1-2H3,(H2,17,18,21). The fourth-order valence-electron chi connectivity index (χ4n) is 2.73. The number of carbonyl (C=O) groups excluding carboxylic acids is 1. The van der Waals surface area contributed by atoms with Gasteiger partial charge in [0.2, 0.25) is 5.88 Å². The number of nitrogens with one attached hydrogen (secondary N) is 2. The summed E-state index contributed by atoms with van der Waals surface area (Å²) in [4.78, 5) is 11.6. The van der Waals surface area contributed by atoms with Crippen LogP contribution in [0.25, 0.3) is 0 Å². The van der Waals surface area contributed by atoms with Gasteiger partial charge in [-0.3, -0.25) is 4.79 Å². The predicted molar refractivity (Wildman–Crippen MR) is 84.4 cm³/mol. The summed E-state index contributed by atoms with van der Waals surface area (Å²) in [5.41, 5.74) is 0.535. The van der Waals surface area contributed by atoms with Crippen molar-refractivity contribution >= 4 is 29.0 Å². The Morgan fingerprint density at radius 1 is 1.38 bits per heavy atom. The second-order valence-corrected chi connectivity index (χ2v) is 5.75. The van der Waals surface area contributed by atoms with Gasteiger partial charge in [0.05, 0.1) is 5.56 Å². The molecule has 0 aromatic carbocycles. The summed E-state index contributed by atoms with van der Waals surface area (Å²) in [6.45, 7) is 3.08. The van der Waals surface area contributed by atoms with E-state index in [1.807, 2.05) is 6.07 Å². The van der Waals surface area contributed by atoms with E-state index in [1.165, 1.54) is 26.2 Å². The van der Waals surface area contributed by atoms with Crippen molar-refractivity contribution in [1.29, 1.82) is 5.26 Å². The molecule has 1 saturated carbocycles. The number of rotatable bonds is 3. The third-order valence-corrected chi connectivity index (χ3v) is 3.94. The molecule has 0 atom stereocenters. The van der Waals surface area contributed by atoms with Gasteiger partial charge in [-0.2, -0.15) is 5.26 Å². The van der Waals surface area contributed by atoms with Gasteiger partial charge in [-0.1, -0.05) is 19.3 Å². The molecule has 1 heterocycles. The van der Waals surface area contributed by atoms with Crippen molar-refractivity contribution in [2.75, 3.05) is 5.32 Å². The van der Waals surface area contributed by atoms with E-state index in [0.717, 1.165) is 12.8 Å². The first kappa shape index (κ1) is 15.5. The maximum absolute atomic E-state index is 11.6. The van der Waals surface area contributed by atoms with Gasteiger partial charge in [0, 0.05) is 6.04 Å². The highest BCUT2D eigenvalue weighted by molar-refractivity contribution is 7.80. The lowest BCUT2D eigenvalue weighted by Gasteiger charge is -2.24. The van der Waals surface area contributed by atoms with E-state index in [2.05, 4.69) is 10.6 Å². The summed E-state index contributed by atoms with van der Waals surface area (Å²) >= 11 is 5.27. The van der Waals surface area contributed by atoms with E-state index in [-0.39, 0.29) is 17.2 Å². The van der Waals surface area contributed by atoms with Crippen LogP contribution in [-0.2, 0) is 0 Å². The predicted octanol–water partition coefficient (Wildman–Crippen LogP) is 3.28. The molecule has 1 fully saturated rings. The molecule has 21 heavy (non-hydrogen) atoms. The molecule has 5 nitrogen and oxygen atoms in total. The lowest BCUT2D eigenvalue weighted by molar-refractivity contribution is 0.101. The summed E-state index contributed by atoms with van der Waals surface area (Å²) in [7, 11) is 0. The lowest BCUT2D eigenvalue weighted by Crippen LogP contribution is -2.38. The van der Waals surface area contributed by atoms with Gasteiger partial charge in [-0.25, -0.2) is 0 Å². The first-order valence-corrected chi connectivity index (χ1v) is 7.55. The van der Waals surface area contributed by atoms with Crippen LogP contribution in [0.1, 0.15) is 60.7 Å². The van der Waals surface area contributed by atoms with E-state index in [0.29, 0.717) is 22.5 Å². The highest BCUT2D eigenvalue weighted by atomic mass is 32.1. The van der Waals surface area contributed by atoms with E-state index >= 15 is 0 Å². The van der Waals surface area contributed by atoms with E-state index in [9.17, 15) is 10.1 Å². The van der Waals surface area contributed by atoms with Crippen LogP contribution < -0.4 is 10.6 Å². The summed E-state index contributed by atoms with van der Waals surface area (Å²) in [5, 5.41) is 15.8. The maximum Gasteiger partial charge on any atom is 0.217 e. The molecule has 0 saturated heterocycles. The number of anilines is 1. The minimum atomic E-state index is -0.188. The van der Waals surface area contributed by atoms with Crippen molar-refractivity contribution in [2.45, 2.75) is 52.0 Å². The van der Waals surface area contributed by atoms with Crippen molar-refractivity contribution in [1.82, 2.24) is 5.32 Å². The molecule has 1 aliphatic carbocycles. The SMILES string of the molecule is CC(=O)c1c(C)oc(NC(=S)NC2CCCCC2)c1C#N. The largest absolute Gasteiger partial charge is 0.443 e. The van der Waals surface area contributed by atoms with Crippen molar-refractivity contribution in [3.05, 3.63) is 16.9 Å². The zero-order valence-electron chi connectivity index (χ0n) is 12.3. The Bertz CT molecular complexity index is 595. The molecule has 2 N–H and O–H groups in total. The van der Waals surface area contributed by atoms with Crippen molar-refractivity contribution < 1.29 is 9.21 Å². The number of aryl methyl sites for hydroxylation is 1. The van der Waals surface area contributed by atoms with Crippen molar-refractivity contribution in [3.63, 3.8) is 0 Å². The average molecular weight is 305 g/mol. The third kappa shape index (κ3) is 3.61. The van der Waals surface area contributed by atoms with E-state index in [1.54, 1.807) is 6.92 Å². The topological polar surface area (TPSA) is 78.1 Å². The fourth-order valence-corrected chi connectivity index (χ4v) is 2.99. The van der Waals surface area contributed by atoms with Crippen LogP contribution in [0, 0.1) is 18.3 Å². The third-order valence-electron chi connectivity index (χ3n) is 3.72. The van der Waals surface area contributed by atoms with Crippen LogP contribution in [0.4, 0.5) is 5.88 Å². The van der Waals surface area contributed by atoms with Crippen LogP contribution in [0.3, 0.4) is 0 Å². The minimum absolute atomic E-state index is 0.188. The van der Waals surface area contributed by atoms with E-state index in [4.69, 9.17) is 16.6 Å². The van der Waals surface area contributed by atoms with Gasteiger partial charge in [0.1, 0.15) is 17.4 Å². The van der Waals surface area contributed by atoms with Crippen LogP contribution in [0.2, 0.25) is 0 Å². The number of carbonyl (C=O) groups is 1. The van der Waals surface area contributed by atoms with Crippen LogP contribution in [-0.4, -0.2) is 16.9 Å². The Labute approximate surface area is 129 Å². The Morgan fingerprint density at radius 3 is 2.62 bits per heavy atom. The van der Waals surface area contributed by atoms with Gasteiger partial charge < -0.3 is 15.1 Å². The summed E-state index contributed by atoms with van der Waals surface area (Å²) in [6, 6.07) is 2.38. The quantitative estimate of drug-likeness (QED) is 0.659. The molecule has 1 aliphatic rings. The highest BCUT2D eigenvalue weighted by Gasteiger charge is 2.22. The average Bonchev–Trinajstić information content (AvgIpc) is 2.75. The summed E-state index contributed by atoms with van der Waals surface area (Å²) < 4.78 is 5.48. The van der Waals surface area contributed by atoms with Crippen LogP contribution >= 0.6 is 12.2 Å². The van der Waals surface area contributed by atoms with Gasteiger partial charge >= 0.3 is 0 Å². The highest BCUT2D eigenvalue weighted by Crippen LogP contribution is 2.27. The number of thiocarbonyl (C=S) groups is 1. The molecule has 0 aliphatic heterocycles. The van der Waals surface area contributed by atoms with Crippen molar-refractivity contribution in [3.8, 4) is 6.07 Å². The minimum Gasteiger partial charge on any atom is -0.443 e. The molecule has 0 radical (unpaired) electrons. The monoisotopic (exact) mass is 305 g/mol. The number of nitrogens with zero attached hydrogens (tertiary/aromatic N) is 1. The van der Waals surface area contributed by atoms with Crippen LogP contribution in [0.5, 0.6) is 0 Å². The van der Waals surface area contributed by atoms with Gasteiger partial charge in [-0.15, -0.1) is 0 Å². The molecule has 0 spiro atoms. The Kier molecular flexibility index (Phi) is 4.97. The maximum atomic E-state index is 11.6. The zero-order valence-corrected chi connectivity index (χ0v) is 13.1. The second kappa shape index (κ2) is 6.72. The van der Waals surface area contributed by atoms with Crippen molar-refractivity contribution in [2.24, 2.45) is 0 Å². The molecule has 2 rings (SSSR count). The Morgan fingerprint density at radius 2 is 2.05 bits per heavy atom. The fraction of sp³-hybridized carbons (Fsp3) is 0.533. The Hall–Kier alpha value is -1.87. The molecule has 0 amide bonds. The zero-order chi connectivity index (χ0) is 15.4. The normalized spacial score (nSPS) is 15.3. The number of hydrogen-bond acceptors (Lipinski definition) is 4. The molecular weight excluding hydrogens is 286 g/mol. The number of Topliss-reactive ketones (excluding diaryl/α,β-unsaturated/α-hetero) is 1. The molecule has 6 heteroatoms. The molecule has 1 aromatic heterocycles. The number of ketones is 1. The summed E-state index contributed by atoms with van der Waals surface area (Å²) in [5.74, 6) is 0.488. The van der Waals surface area contributed by atoms with Gasteiger partial charge in [0.25, 0.3) is 0 Å². The molecular formula is C15H19N3O2S. The number of nitriles is 1. The van der Waals surface area contributed by atoms with E-state index < -0.39 is 0 Å². The first-order valence-electron chi connectivity index (χ1n) is 7.15. The van der Waals surface area contributed by atoms with Gasteiger partial charge in [0.15, 0.2) is 10.9 Å². The molecule has 0 bridgehead atoms. The lowest BCUT2D eigenvalue weighted by atomic mass is 9.96.